The van der Waals surface area contributed by atoms with Gasteiger partial charge in [-0.15, -0.1) is 0 Å². The average molecular weight is 408 g/mol. The normalized spacial score (nSPS) is 15.8. The zero-order chi connectivity index (χ0) is 18.7. The van der Waals surface area contributed by atoms with Crippen LogP contribution in [0.25, 0.3) is 6.08 Å². The van der Waals surface area contributed by atoms with E-state index in [0.29, 0.717) is 22.2 Å². The number of carbonyl (C=O) groups excluding carboxylic acids is 1. The summed E-state index contributed by atoms with van der Waals surface area (Å²) in [6.45, 7) is 0.458. The fraction of sp³-hybridized carbons (Fsp3) is 0.158. The lowest BCUT2D eigenvalue weighted by Gasteiger charge is -2.14. The van der Waals surface area contributed by atoms with Crippen molar-refractivity contribution in [3.63, 3.8) is 0 Å². The number of methoxy groups -OCH3 is 1. The molecule has 0 unspecified atom stereocenters. The predicted molar refractivity (Wildman–Crippen MR) is 108 cm³/mol. The molecule has 0 spiro atoms. The van der Waals surface area contributed by atoms with Crippen molar-refractivity contribution >= 4 is 51.9 Å². The summed E-state index contributed by atoms with van der Waals surface area (Å²) in [5, 5.41) is 0.258. The van der Waals surface area contributed by atoms with E-state index < -0.39 is 5.82 Å². The van der Waals surface area contributed by atoms with E-state index in [1.165, 1.54) is 23.1 Å². The van der Waals surface area contributed by atoms with Gasteiger partial charge in [-0.1, -0.05) is 53.8 Å². The highest BCUT2D eigenvalue weighted by Crippen LogP contribution is 2.34. The molecule has 2 aromatic carbocycles. The molecular formula is C19H15ClFNO2S2. The molecule has 0 saturated carbocycles. The summed E-state index contributed by atoms with van der Waals surface area (Å²) < 4.78 is 19.5. The first-order valence-corrected chi connectivity index (χ1v) is 9.42. The Kier molecular flexibility index (Phi) is 5.96. The number of rotatable bonds is 5. The van der Waals surface area contributed by atoms with E-state index in [-0.39, 0.29) is 16.5 Å². The van der Waals surface area contributed by atoms with Gasteiger partial charge in [-0.05, 0) is 42.3 Å². The van der Waals surface area contributed by atoms with Crippen LogP contribution >= 0.6 is 35.6 Å². The number of thioether (sulfide) groups is 1. The molecule has 0 radical (unpaired) electrons. The van der Waals surface area contributed by atoms with Gasteiger partial charge in [0.05, 0.1) is 17.0 Å². The van der Waals surface area contributed by atoms with Gasteiger partial charge in [0.15, 0.2) is 0 Å². The van der Waals surface area contributed by atoms with Crippen molar-refractivity contribution in [2.75, 3.05) is 13.7 Å². The summed E-state index contributed by atoms with van der Waals surface area (Å²) in [6, 6.07) is 12.1. The molecular weight excluding hydrogens is 393 g/mol. The molecule has 1 amide bonds. The van der Waals surface area contributed by atoms with Crippen LogP contribution < -0.4 is 4.74 Å². The standard InChI is InChI=1S/C19H15ClFNO2S2/c1-24-13-7-5-12(6-8-13)9-10-22-18(23)17(26-19(22)25)11-14-15(20)3-2-4-16(14)21/h2-8,11H,9-10H2,1H3. The molecule has 0 bridgehead atoms. The monoisotopic (exact) mass is 407 g/mol. The number of ether oxygens (including phenoxy) is 1. The second kappa shape index (κ2) is 8.20. The molecule has 134 valence electrons. The third kappa shape index (κ3) is 4.09. The molecule has 0 atom stereocenters. The zero-order valence-electron chi connectivity index (χ0n) is 13.9. The number of amides is 1. The van der Waals surface area contributed by atoms with Crippen LogP contribution in [0.1, 0.15) is 11.1 Å². The molecule has 1 aliphatic heterocycles. The molecule has 1 fully saturated rings. The molecule has 0 N–H and O–H groups in total. The average Bonchev–Trinajstić information content (AvgIpc) is 2.90. The Bertz CT molecular complexity index is 863. The fourth-order valence-corrected chi connectivity index (χ4v) is 4.01. The third-order valence-corrected chi connectivity index (χ3v) is 5.64. The van der Waals surface area contributed by atoms with E-state index in [1.807, 2.05) is 24.3 Å². The summed E-state index contributed by atoms with van der Waals surface area (Å²) in [7, 11) is 1.61. The van der Waals surface area contributed by atoms with E-state index in [2.05, 4.69) is 0 Å². The van der Waals surface area contributed by atoms with Crippen molar-refractivity contribution < 1.29 is 13.9 Å². The van der Waals surface area contributed by atoms with Gasteiger partial charge in [0, 0.05) is 12.1 Å². The Morgan fingerprint density at radius 3 is 2.65 bits per heavy atom. The number of halogens is 2. The molecule has 3 rings (SSSR count). The Morgan fingerprint density at radius 2 is 2.00 bits per heavy atom. The Morgan fingerprint density at radius 1 is 1.27 bits per heavy atom. The van der Waals surface area contributed by atoms with Crippen molar-refractivity contribution in [3.05, 3.63) is 69.3 Å². The van der Waals surface area contributed by atoms with Crippen LogP contribution in [0.5, 0.6) is 5.75 Å². The minimum Gasteiger partial charge on any atom is -0.497 e. The lowest BCUT2D eigenvalue weighted by atomic mass is 10.1. The fourth-order valence-electron chi connectivity index (χ4n) is 2.51. The largest absolute Gasteiger partial charge is 0.497 e. The molecule has 0 aromatic heterocycles. The number of thiocarbonyl (C=S) groups is 1. The van der Waals surface area contributed by atoms with Crippen LogP contribution in [0, 0.1) is 5.82 Å². The first kappa shape index (κ1) is 18.9. The molecule has 1 aliphatic rings. The van der Waals surface area contributed by atoms with E-state index in [9.17, 15) is 9.18 Å². The summed E-state index contributed by atoms with van der Waals surface area (Å²) in [5.74, 6) is 0.0814. The van der Waals surface area contributed by atoms with Gasteiger partial charge < -0.3 is 4.74 Å². The highest BCUT2D eigenvalue weighted by atomic mass is 35.5. The molecule has 3 nitrogen and oxygen atoms in total. The van der Waals surface area contributed by atoms with E-state index in [0.717, 1.165) is 23.1 Å². The van der Waals surface area contributed by atoms with Gasteiger partial charge >= 0.3 is 0 Å². The van der Waals surface area contributed by atoms with Gasteiger partial charge in [0.2, 0.25) is 0 Å². The van der Waals surface area contributed by atoms with E-state index >= 15 is 0 Å². The van der Waals surface area contributed by atoms with Crippen LogP contribution in [0.2, 0.25) is 5.02 Å². The summed E-state index contributed by atoms with van der Waals surface area (Å²) >= 11 is 12.5. The Balaban J connectivity index is 1.73. The lowest BCUT2D eigenvalue weighted by molar-refractivity contribution is -0.122. The molecule has 1 saturated heterocycles. The van der Waals surface area contributed by atoms with Crippen molar-refractivity contribution in [1.29, 1.82) is 0 Å². The quantitative estimate of drug-likeness (QED) is 0.519. The summed E-state index contributed by atoms with van der Waals surface area (Å²) in [4.78, 5) is 14.5. The highest BCUT2D eigenvalue weighted by molar-refractivity contribution is 8.26. The van der Waals surface area contributed by atoms with Crippen molar-refractivity contribution in [3.8, 4) is 5.75 Å². The molecule has 7 heteroatoms. The SMILES string of the molecule is COc1ccc(CCN2C(=O)C(=Cc3c(F)cccc3Cl)SC2=S)cc1. The van der Waals surface area contributed by atoms with Crippen molar-refractivity contribution in [2.24, 2.45) is 0 Å². The highest BCUT2D eigenvalue weighted by Gasteiger charge is 2.32. The topological polar surface area (TPSA) is 29.5 Å². The van der Waals surface area contributed by atoms with Gasteiger partial charge in [-0.25, -0.2) is 4.39 Å². The second-order valence-corrected chi connectivity index (χ2v) is 7.65. The number of nitrogens with zero attached hydrogens (tertiary/aromatic N) is 1. The smallest absolute Gasteiger partial charge is 0.266 e. The number of hydrogen-bond acceptors (Lipinski definition) is 4. The summed E-state index contributed by atoms with van der Waals surface area (Å²) in [6.07, 6.45) is 2.12. The number of hydrogen-bond donors (Lipinski definition) is 0. The molecule has 26 heavy (non-hydrogen) atoms. The van der Waals surface area contributed by atoms with Gasteiger partial charge in [0.25, 0.3) is 5.91 Å². The van der Waals surface area contributed by atoms with Crippen LogP contribution in [-0.4, -0.2) is 28.8 Å². The van der Waals surface area contributed by atoms with Gasteiger partial charge in [-0.3, -0.25) is 9.69 Å². The van der Waals surface area contributed by atoms with Crippen LogP contribution in [0.15, 0.2) is 47.4 Å². The van der Waals surface area contributed by atoms with E-state index in [4.69, 9.17) is 28.6 Å². The minimum absolute atomic E-state index is 0.199. The first-order valence-electron chi connectivity index (χ1n) is 7.82. The van der Waals surface area contributed by atoms with Gasteiger partial charge in [-0.2, -0.15) is 0 Å². The zero-order valence-corrected chi connectivity index (χ0v) is 16.3. The van der Waals surface area contributed by atoms with Crippen molar-refractivity contribution in [1.82, 2.24) is 4.90 Å². The first-order chi connectivity index (χ1) is 12.5. The molecule has 2 aromatic rings. The second-order valence-electron chi connectivity index (χ2n) is 5.57. The number of carbonyl (C=O) groups is 1. The maximum atomic E-state index is 14.0. The maximum Gasteiger partial charge on any atom is 0.266 e. The Hall–Kier alpha value is -1.89. The molecule has 1 heterocycles. The predicted octanol–water partition coefficient (Wildman–Crippen LogP) is 4.93. The summed E-state index contributed by atoms with van der Waals surface area (Å²) in [5.41, 5.74) is 1.27. The number of benzene rings is 2. The van der Waals surface area contributed by atoms with Gasteiger partial charge in [0.1, 0.15) is 15.9 Å². The van der Waals surface area contributed by atoms with Crippen LogP contribution in [0.4, 0.5) is 4.39 Å². The molecule has 0 aliphatic carbocycles. The van der Waals surface area contributed by atoms with Crippen molar-refractivity contribution in [2.45, 2.75) is 6.42 Å². The van der Waals surface area contributed by atoms with Crippen LogP contribution in [0.3, 0.4) is 0 Å². The Labute approximate surface area is 165 Å². The maximum absolute atomic E-state index is 14.0. The minimum atomic E-state index is -0.471. The third-order valence-electron chi connectivity index (χ3n) is 3.93. The van der Waals surface area contributed by atoms with E-state index in [1.54, 1.807) is 13.2 Å². The van der Waals surface area contributed by atoms with Crippen LogP contribution in [-0.2, 0) is 11.2 Å². The lowest BCUT2D eigenvalue weighted by Crippen LogP contribution is -2.30.